The van der Waals surface area contributed by atoms with Gasteiger partial charge in [0.1, 0.15) is 41.3 Å². The number of hydrogen-bond donors (Lipinski definition) is 2. The van der Waals surface area contributed by atoms with Crippen LogP contribution in [0.1, 0.15) is 81.3 Å². The van der Waals surface area contributed by atoms with Crippen molar-refractivity contribution < 1.29 is 13.6 Å². The summed E-state index contributed by atoms with van der Waals surface area (Å²) in [4.78, 5) is 48.3. The molecule has 0 spiro atoms. The van der Waals surface area contributed by atoms with Crippen LogP contribution in [-0.2, 0) is 11.1 Å². The summed E-state index contributed by atoms with van der Waals surface area (Å²) in [6, 6.07) is 31.5. The van der Waals surface area contributed by atoms with E-state index in [0.717, 1.165) is 74.3 Å². The Hall–Kier alpha value is -10.7. The van der Waals surface area contributed by atoms with E-state index in [2.05, 4.69) is 83.5 Å². The Balaban J connectivity index is 0.000000164. The average molecular weight is 1070 g/mol. The van der Waals surface area contributed by atoms with E-state index in [4.69, 9.17) is 26.7 Å². The van der Waals surface area contributed by atoms with Crippen LogP contribution in [0.25, 0.3) is 72.8 Å². The largest absolute Gasteiger partial charge is 0.368 e. The van der Waals surface area contributed by atoms with E-state index in [9.17, 15) is 24.1 Å². The monoisotopic (exact) mass is 1070 g/mol. The number of carbonyl (C=O) groups is 1. The zero-order valence-electron chi connectivity index (χ0n) is 44.9. The smallest absolute Gasteiger partial charge is 0.219 e. The molecule has 6 heterocycles. The third-order valence-corrected chi connectivity index (χ3v) is 12.1. The SMILES string of the molecule is CC(C)(C)n1c(-c2cc(C#N)ccc2F)nc2cc(-c3cnc(N)nc3)ccc21.CC1=NCC=N1.Cc1ncn(-c2ccc(C#N)cc2-c2nc3cc(-c4cnc(N)nc4)ccc3n2C(C)(C)C)n1.N#Cc1ccc(F)c(C=O)c1. The van der Waals surface area contributed by atoms with Crippen molar-refractivity contribution in [2.24, 2.45) is 9.98 Å². The first kappa shape index (κ1) is 55.5. The van der Waals surface area contributed by atoms with Crippen molar-refractivity contribution >= 4 is 52.3 Å². The zero-order valence-corrected chi connectivity index (χ0v) is 44.9. The van der Waals surface area contributed by atoms with E-state index in [1.807, 2.05) is 81.7 Å². The van der Waals surface area contributed by atoms with Crippen LogP contribution in [0.2, 0.25) is 0 Å². The lowest BCUT2D eigenvalue weighted by Gasteiger charge is -2.25. The van der Waals surface area contributed by atoms with Gasteiger partial charge in [-0.2, -0.15) is 20.9 Å². The number of aromatic nitrogens is 11. The predicted molar refractivity (Wildman–Crippen MR) is 303 cm³/mol. The van der Waals surface area contributed by atoms with Gasteiger partial charge < -0.3 is 20.6 Å². The summed E-state index contributed by atoms with van der Waals surface area (Å²) >= 11 is 0. The number of fused-ring (bicyclic) bond motifs is 2. The van der Waals surface area contributed by atoms with Crippen LogP contribution in [0.4, 0.5) is 20.7 Å². The molecule has 80 heavy (non-hydrogen) atoms. The Morgan fingerprint density at radius 2 is 1.06 bits per heavy atom. The highest BCUT2D eigenvalue weighted by Crippen LogP contribution is 2.37. The van der Waals surface area contributed by atoms with Crippen LogP contribution in [0, 0.1) is 52.6 Å². The van der Waals surface area contributed by atoms with Gasteiger partial charge in [-0.1, -0.05) is 12.1 Å². The van der Waals surface area contributed by atoms with Crippen LogP contribution >= 0.6 is 0 Å². The second-order valence-corrected chi connectivity index (χ2v) is 20.0. The van der Waals surface area contributed by atoms with Gasteiger partial charge in [0.05, 0.1) is 80.3 Å². The van der Waals surface area contributed by atoms with Crippen molar-refractivity contribution in [1.29, 1.82) is 15.8 Å². The van der Waals surface area contributed by atoms with Crippen LogP contribution in [0.5, 0.6) is 0 Å². The molecule has 0 radical (unpaired) electrons. The molecule has 0 saturated heterocycles. The number of aryl methyl sites for hydroxylation is 1. The molecule has 0 fully saturated rings. The molecule has 5 aromatic carbocycles. The molecule has 19 nitrogen and oxygen atoms in total. The summed E-state index contributed by atoms with van der Waals surface area (Å²) in [7, 11) is 0. The van der Waals surface area contributed by atoms with Crippen molar-refractivity contribution in [3.8, 4) is 68.9 Å². The van der Waals surface area contributed by atoms with Crippen molar-refractivity contribution in [3.05, 3.63) is 162 Å². The van der Waals surface area contributed by atoms with Crippen molar-refractivity contribution in [3.63, 3.8) is 0 Å². The number of nitrogens with zero attached hydrogens (tertiary/aromatic N) is 16. The highest BCUT2D eigenvalue weighted by Gasteiger charge is 2.27. The first-order valence-corrected chi connectivity index (χ1v) is 24.7. The normalized spacial score (nSPS) is 11.7. The van der Waals surface area contributed by atoms with Gasteiger partial charge in [0, 0.05) is 58.8 Å². The molecule has 10 aromatic rings. The van der Waals surface area contributed by atoms with Gasteiger partial charge in [0.25, 0.3) is 0 Å². The standard InChI is InChI=1S/C25H23N9.C22H19FN6.C8H4FNO.C4H6N2/c1-15-30-14-33(32-15)21-7-5-16(11-26)9-19(21)23-31-20-10-17(18-12-28-24(27)29-13-18)6-8-22(20)34(23)25(2,3)4;1-22(2,3)29-19-7-5-14(15-11-26-21(25)27-12-15)9-18(19)28-20(29)16-8-13(10-24)4-6-17(16)23;9-8-2-1-6(4-10)3-7(8)5-11;1-4-5-2-3-6-4/h5-10,12-14H,1-4H3,(H2,27,28,29);4-9,11-12H,1-3H3,(H2,25,26,27);1-3,5H;2H,3H2,1H3. The van der Waals surface area contributed by atoms with E-state index in [1.165, 1.54) is 30.3 Å². The van der Waals surface area contributed by atoms with E-state index in [1.54, 1.807) is 54.1 Å². The molecule has 0 aliphatic carbocycles. The summed E-state index contributed by atoms with van der Waals surface area (Å²) in [5, 5.41) is 31.7. The quantitative estimate of drug-likeness (QED) is 0.147. The lowest BCUT2D eigenvalue weighted by molar-refractivity contribution is 0.111. The molecule has 5 aromatic heterocycles. The molecule has 0 unspecified atom stereocenters. The number of anilines is 2. The maximum atomic E-state index is 14.7. The summed E-state index contributed by atoms with van der Waals surface area (Å²) < 4.78 is 33.1. The zero-order chi connectivity index (χ0) is 57.5. The Labute approximate surface area is 459 Å². The number of aliphatic imine (C=N–C) groups is 2. The van der Waals surface area contributed by atoms with Crippen LogP contribution in [0.3, 0.4) is 0 Å². The summed E-state index contributed by atoms with van der Waals surface area (Å²) in [5.41, 5.74) is 20.5. The predicted octanol–water partition coefficient (Wildman–Crippen LogP) is 10.8. The molecular formula is C59H52F2N18O. The molecule has 4 N–H and O–H groups in total. The molecule has 11 rings (SSSR count). The van der Waals surface area contributed by atoms with Gasteiger partial charge in [0.15, 0.2) is 6.29 Å². The topological polar surface area (TPSA) is 283 Å². The summed E-state index contributed by atoms with van der Waals surface area (Å²) in [5.74, 6) is 2.21. The molecular weight excluding hydrogens is 1010 g/mol. The Bertz CT molecular complexity index is 4140. The molecule has 0 atom stereocenters. The number of imidazole rings is 2. The summed E-state index contributed by atoms with van der Waals surface area (Å²) in [6.07, 6.45) is 10.6. The van der Waals surface area contributed by atoms with Gasteiger partial charge in [-0.25, -0.2) is 53.3 Å². The third kappa shape index (κ3) is 12.4. The Kier molecular flexibility index (Phi) is 16.1. The minimum absolute atomic E-state index is 0.0796. The maximum absolute atomic E-state index is 14.7. The van der Waals surface area contributed by atoms with E-state index >= 15 is 0 Å². The molecule has 1 aliphatic heterocycles. The second kappa shape index (κ2) is 23.3. The molecule has 0 bridgehead atoms. The van der Waals surface area contributed by atoms with Crippen molar-refractivity contribution in [1.82, 2.24) is 53.8 Å². The second-order valence-electron chi connectivity index (χ2n) is 20.0. The fourth-order valence-electron chi connectivity index (χ4n) is 8.52. The molecule has 21 heteroatoms. The van der Waals surface area contributed by atoms with Gasteiger partial charge in [0.2, 0.25) is 11.9 Å². The number of halogens is 2. The lowest BCUT2D eigenvalue weighted by Crippen LogP contribution is -2.23. The number of nitriles is 3. The number of benzene rings is 5. The van der Waals surface area contributed by atoms with Crippen LogP contribution in [0.15, 0.2) is 132 Å². The Morgan fingerprint density at radius 3 is 1.49 bits per heavy atom. The van der Waals surface area contributed by atoms with Crippen molar-refractivity contribution in [2.45, 2.75) is 66.5 Å². The summed E-state index contributed by atoms with van der Waals surface area (Å²) in [6.45, 7) is 17.0. The molecule has 0 saturated carbocycles. The average Bonchev–Trinajstić information content (AvgIpc) is 4.36. The minimum atomic E-state index is -0.598. The fraction of sp³-hybridized carbons (Fsp3) is 0.186. The number of nitrogens with two attached hydrogens (primary N) is 2. The van der Waals surface area contributed by atoms with Gasteiger partial charge in [-0.3, -0.25) is 9.79 Å². The first-order valence-electron chi connectivity index (χ1n) is 24.7. The number of hydrogen-bond acceptors (Lipinski definition) is 16. The Morgan fingerprint density at radius 1 is 0.588 bits per heavy atom. The lowest BCUT2D eigenvalue weighted by atomic mass is 10.0. The van der Waals surface area contributed by atoms with Crippen LogP contribution in [-0.4, -0.2) is 78.7 Å². The number of amidine groups is 1. The van der Waals surface area contributed by atoms with E-state index < -0.39 is 11.6 Å². The van der Waals surface area contributed by atoms with Gasteiger partial charge in [-0.15, -0.1) is 0 Å². The minimum Gasteiger partial charge on any atom is -0.368 e. The van der Waals surface area contributed by atoms with Gasteiger partial charge in [-0.05, 0) is 145 Å². The van der Waals surface area contributed by atoms with E-state index in [-0.39, 0.29) is 34.1 Å². The van der Waals surface area contributed by atoms with Crippen LogP contribution < -0.4 is 11.5 Å². The first-order chi connectivity index (χ1) is 38.2. The fourth-order valence-corrected chi connectivity index (χ4v) is 8.52. The number of carbonyl (C=O) groups excluding carboxylic acids is 1. The highest BCUT2D eigenvalue weighted by molar-refractivity contribution is 5.93. The third-order valence-electron chi connectivity index (χ3n) is 12.1. The maximum Gasteiger partial charge on any atom is 0.219 e. The molecule has 1 aliphatic rings. The molecule has 0 amide bonds. The van der Waals surface area contributed by atoms with E-state index in [0.29, 0.717) is 40.1 Å². The molecule has 398 valence electrons. The number of rotatable bonds is 6. The number of nitrogen functional groups attached to an aromatic ring is 2. The number of aldehydes is 1. The van der Waals surface area contributed by atoms with Crippen molar-refractivity contribution in [2.75, 3.05) is 18.0 Å². The van der Waals surface area contributed by atoms with Gasteiger partial charge >= 0.3 is 0 Å². The highest BCUT2D eigenvalue weighted by atomic mass is 19.1.